The third kappa shape index (κ3) is 2.81. The summed E-state index contributed by atoms with van der Waals surface area (Å²) in [7, 11) is 5.96. The minimum Gasteiger partial charge on any atom is -0.371 e. The Morgan fingerprint density at radius 1 is 1.48 bits per heavy atom. The topological polar surface area (TPSA) is 49.1 Å². The zero-order valence-corrected chi connectivity index (χ0v) is 13.5. The molecule has 1 fully saturated rings. The molecule has 0 saturated heterocycles. The normalized spacial score (nSPS) is 28.2. The van der Waals surface area contributed by atoms with Crippen molar-refractivity contribution in [2.75, 3.05) is 27.7 Å². The van der Waals surface area contributed by atoms with E-state index < -0.39 is 0 Å². The Morgan fingerprint density at radius 3 is 2.81 bits per heavy atom. The highest BCUT2D eigenvalue weighted by Gasteiger charge is 2.57. The second-order valence-electron chi connectivity index (χ2n) is 6.22. The van der Waals surface area contributed by atoms with E-state index in [1.165, 1.54) is 6.42 Å². The zero-order chi connectivity index (χ0) is 15.5. The first kappa shape index (κ1) is 15.9. The molecule has 1 saturated carbocycles. The summed E-state index contributed by atoms with van der Waals surface area (Å²) in [6.07, 6.45) is 5.17. The molecule has 3 unspecified atom stereocenters. The van der Waals surface area contributed by atoms with Crippen molar-refractivity contribution >= 4 is 0 Å². The van der Waals surface area contributed by atoms with Crippen LogP contribution in [-0.4, -0.2) is 37.6 Å². The van der Waals surface area contributed by atoms with Crippen LogP contribution in [0.15, 0.2) is 18.3 Å². The Morgan fingerprint density at radius 2 is 2.24 bits per heavy atom. The Hall–Kier alpha value is -1.44. The number of nitriles is 1. The summed E-state index contributed by atoms with van der Waals surface area (Å²) in [5, 5.41) is 9.14. The number of aromatic nitrogens is 1. The van der Waals surface area contributed by atoms with Crippen LogP contribution in [-0.2, 0) is 10.3 Å². The molecule has 0 aliphatic heterocycles. The number of ether oxygens (including phenoxy) is 1. The summed E-state index contributed by atoms with van der Waals surface area (Å²) in [5.41, 5.74) is 1.23. The standard InChI is InChI=1S/C17H25N3O/c1-5-6-14-10-15(12-20(2)3)17(14,21-4)16-9-13(11-18)7-8-19-16/h7-9,14-15H,5-6,10,12H2,1-4H3. The number of rotatable bonds is 6. The van der Waals surface area contributed by atoms with Gasteiger partial charge in [-0.3, -0.25) is 4.98 Å². The minimum absolute atomic E-state index is 0.340. The van der Waals surface area contributed by atoms with E-state index in [4.69, 9.17) is 10.00 Å². The molecule has 3 atom stereocenters. The van der Waals surface area contributed by atoms with Crippen LogP contribution in [0.2, 0.25) is 0 Å². The maximum Gasteiger partial charge on any atom is 0.116 e. The lowest BCUT2D eigenvalue weighted by Crippen LogP contribution is -2.57. The summed E-state index contributed by atoms with van der Waals surface area (Å²) in [4.78, 5) is 6.75. The molecule has 1 aliphatic rings. The van der Waals surface area contributed by atoms with Gasteiger partial charge in [0.25, 0.3) is 0 Å². The van der Waals surface area contributed by atoms with Gasteiger partial charge in [-0.25, -0.2) is 0 Å². The average Bonchev–Trinajstić information content (AvgIpc) is 2.47. The molecule has 1 aromatic rings. The summed E-state index contributed by atoms with van der Waals surface area (Å²) >= 11 is 0. The third-order valence-corrected chi connectivity index (χ3v) is 4.63. The fraction of sp³-hybridized carbons (Fsp3) is 0.647. The summed E-state index contributed by atoms with van der Waals surface area (Å²) in [6.45, 7) is 3.19. The Bertz CT molecular complexity index is 523. The molecule has 0 bridgehead atoms. The van der Waals surface area contributed by atoms with Crippen LogP contribution in [0.1, 0.15) is 37.4 Å². The van der Waals surface area contributed by atoms with E-state index in [9.17, 15) is 0 Å². The maximum atomic E-state index is 9.14. The van der Waals surface area contributed by atoms with Crippen molar-refractivity contribution in [1.82, 2.24) is 9.88 Å². The van der Waals surface area contributed by atoms with E-state index in [-0.39, 0.29) is 5.60 Å². The molecule has 0 aromatic carbocycles. The van der Waals surface area contributed by atoms with Crippen molar-refractivity contribution < 1.29 is 4.74 Å². The molecule has 0 spiro atoms. The van der Waals surface area contributed by atoms with Crippen LogP contribution in [0.5, 0.6) is 0 Å². The van der Waals surface area contributed by atoms with Gasteiger partial charge in [0, 0.05) is 25.8 Å². The molecule has 2 rings (SSSR count). The van der Waals surface area contributed by atoms with Gasteiger partial charge in [-0.2, -0.15) is 5.26 Å². The lowest BCUT2D eigenvalue weighted by Gasteiger charge is -2.55. The van der Waals surface area contributed by atoms with E-state index >= 15 is 0 Å². The van der Waals surface area contributed by atoms with Crippen LogP contribution in [0.3, 0.4) is 0 Å². The third-order valence-electron chi connectivity index (χ3n) is 4.63. The van der Waals surface area contributed by atoms with Crippen LogP contribution >= 0.6 is 0 Å². The summed E-state index contributed by atoms with van der Waals surface area (Å²) in [6, 6.07) is 5.86. The first-order valence-corrected chi connectivity index (χ1v) is 7.65. The number of nitrogens with zero attached hydrogens (tertiary/aromatic N) is 3. The van der Waals surface area contributed by atoms with E-state index in [1.54, 1.807) is 19.4 Å². The SMILES string of the molecule is CCCC1CC(CN(C)C)C1(OC)c1cc(C#N)ccn1. The maximum absolute atomic E-state index is 9.14. The molecule has 114 valence electrons. The molecule has 1 aromatic heterocycles. The van der Waals surface area contributed by atoms with Gasteiger partial charge in [0.05, 0.1) is 17.3 Å². The predicted molar refractivity (Wildman–Crippen MR) is 82.7 cm³/mol. The number of hydrogen-bond donors (Lipinski definition) is 0. The largest absolute Gasteiger partial charge is 0.371 e. The molecule has 1 aliphatic carbocycles. The summed E-state index contributed by atoms with van der Waals surface area (Å²) < 4.78 is 6.04. The van der Waals surface area contributed by atoms with Crippen LogP contribution in [0.25, 0.3) is 0 Å². The van der Waals surface area contributed by atoms with Crippen molar-refractivity contribution in [3.8, 4) is 6.07 Å². The Labute approximate surface area is 127 Å². The Kier molecular flexibility index (Phi) is 4.97. The van der Waals surface area contributed by atoms with Crippen molar-refractivity contribution in [1.29, 1.82) is 5.26 Å². The first-order valence-electron chi connectivity index (χ1n) is 7.65. The molecule has 0 amide bonds. The number of hydrogen-bond acceptors (Lipinski definition) is 4. The highest BCUT2D eigenvalue weighted by Crippen LogP contribution is 2.55. The lowest BCUT2D eigenvalue weighted by molar-refractivity contribution is -0.192. The summed E-state index contributed by atoms with van der Waals surface area (Å²) in [5.74, 6) is 0.911. The van der Waals surface area contributed by atoms with Crippen molar-refractivity contribution in [3.05, 3.63) is 29.6 Å². The van der Waals surface area contributed by atoms with E-state index in [1.807, 2.05) is 6.07 Å². The van der Waals surface area contributed by atoms with Crippen LogP contribution < -0.4 is 0 Å². The second kappa shape index (κ2) is 6.55. The fourth-order valence-electron chi connectivity index (χ4n) is 3.77. The molecule has 1 heterocycles. The first-order chi connectivity index (χ1) is 10.1. The van der Waals surface area contributed by atoms with E-state index in [0.29, 0.717) is 17.4 Å². The van der Waals surface area contributed by atoms with Crippen molar-refractivity contribution in [2.45, 2.75) is 31.8 Å². The number of methoxy groups -OCH3 is 1. The molecular weight excluding hydrogens is 262 g/mol. The second-order valence-corrected chi connectivity index (χ2v) is 6.22. The van der Waals surface area contributed by atoms with Gasteiger partial charge in [0.1, 0.15) is 5.60 Å². The molecule has 4 heteroatoms. The predicted octanol–water partition coefficient (Wildman–Crippen LogP) is 2.79. The smallest absolute Gasteiger partial charge is 0.116 e. The van der Waals surface area contributed by atoms with Gasteiger partial charge in [-0.05, 0) is 45.0 Å². The zero-order valence-electron chi connectivity index (χ0n) is 13.5. The fourth-order valence-corrected chi connectivity index (χ4v) is 3.77. The van der Waals surface area contributed by atoms with Crippen LogP contribution in [0.4, 0.5) is 0 Å². The average molecular weight is 287 g/mol. The molecule has 21 heavy (non-hydrogen) atoms. The van der Waals surface area contributed by atoms with Gasteiger partial charge < -0.3 is 9.64 Å². The Balaban J connectivity index is 2.39. The van der Waals surface area contributed by atoms with E-state index in [0.717, 1.165) is 25.1 Å². The minimum atomic E-state index is -0.340. The monoisotopic (exact) mass is 287 g/mol. The lowest BCUT2D eigenvalue weighted by atomic mass is 9.57. The van der Waals surface area contributed by atoms with Gasteiger partial charge >= 0.3 is 0 Å². The molecule has 0 radical (unpaired) electrons. The van der Waals surface area contributed by atoms with Gasteiger partial charge in [-0.1, -0.05) is 13.3 Å². The molecule has 4 nitrogen and oxygen atoms in total. The van der Waals surface area contributed by atoms with Gasteiger partial charge in [-0.15, -0.1) is 0 Å². The quantitative estimate of drug-likeness (QED) is 0.807. The van der Waals surface area contributed by atoms with Crippen molar-refractivity contribution in [2.24, 2.45) is 11.8 Å². The van der Waals surface area contributed by atoms with Crippen molar-refractivity contribution in [3.63, 3.8) is 0 Å². The molecule has 0 N–H and O–H groups in total. The highest BCUT2D eigenvalue weighted by atomic mass is 16.5. The van der Waals surface area contributed by atoms with Gasteiger partial charge in [0.15, 0.2) is 0 Å². The van der Waals surface area contributed by atoms with Crippen LogP contribution in [0, 0.1) is 23.2 Å². The number of pyridine rings is 1. The van der Waals surface area contributed by atoms with E-state index in [2.05, 4.69) is 37.0 Å². The van der Waals surface area contributed by atoms with Gasteiger partial charge in [0.2, 0.25) is 0 Å². The highest BCUT2D eigenvalue weighted by molar-refractivity contribution is 5.33. The molecular formula is C17H25N3O.